The summed E-state index contributed by atoms with van der Waals surface area (Å²) in [6, 6.07) is 0. The second-order valence-corrected chi connectivity index (χ2v) is 3.30. The van der Waals surface area contributed by atoms with Crippen LogP contribution in [0.3, 0.4) is 0 Å². The smallest absolute Gasteiger partial charge is 0.150 e. The van der Waals surface area contributed by atoms with Gasteiger partial charge < -0.3 is 5.32 Å². The molecule has 1 N–H and O–H groups in total. The van der Waals surface area contributed by atoms with Crippen molar-refractivity contribution in [1.29, 1.82) is 0 Å². The lowest BCUT2D eigenvalue weighted by Crippen LogP contribution is -2.03. The Bertz CT molecular complexity index is 258. The molecule has 0 saturated heterocycles. The topological polar surface area (TPSA) is 29.9 Å². The first kappa shape index (κ1) is 13.3. The Morgan fingerprint density at radius 2 is 2.14 bits per heavy atom. The van der Waals surface area contributed by atoms with Crippen LogP contribution in [0, 0.1) is 6.92 Å². The first-order valence-corrected chi connectivity index (χ1v) is 5.05. The summed E-state index contributed by atoms with van der Waals surface area (Å²) in [5.74, 6) is 1.04. The summed E-state index contributed by atoms with van der Waals surface area (Å²) >= 11 is 0. The molecule has 0 saturated carbocycles. The highest BCUT2D eigenvalue weighted by Crippen LogP contribution is 2.10. The number of halogens is 1. The van der Waals surface area contributed by atoms with Gasteiger partial charge in [0.25, 0.3) is 0 Å². The third-order valence-electron chi connectivity index (χ3n) is 2.09. The number of anilines is 1. The highest BCUT2D eigenvalue weighted by Gasteiger charge is 2.01. The molecule has 0 aliphatic rings. The van der Waals surface area contributed by atoms with E-state index in [2.05, 4.69) is 37.4 Å². The normalized spacial score (nSPS) is 9.64. The molecule has 4 heteroatoms. The average molecular weight is 218 g/mol. The lowest BCUT2D eigenvalue weighted by atomic mass is 10.3. The maximum absolute atomic E-state index is 4.41. The van der Waals surface area contributed by atoms with E-state index in [4.69, 9.17) is 0 Å². The number of rotatable bonds is 5. The summed E-state index contributed by atoms with van der Waals surface area (Å²) in [6.45, 7) is 8.35. The lowest BCUT2D eigenvalue weighted by Gasteiger charge is -2.01. The Morgan fingerprint density at radius 3 is 2.64 bits per heavy atom. The van der Waals surface area contributed by atoms with Gasteiger partial charge in [0.2, 0.25) is 0 Å². The van der Waals surface area contributed by atoms with Crippen molar-refractivity contribution in [3.8, 4) is 0 Å². The van der Waals surface area contributed by atoms with Gasteiger partial charge in [0.15, 0.2) is 5.82 Å². The van der Waals surface area contributed by atoms with Crippen molar-refractivity contribution >= 4 is 18.2 Å². The highest BCUT2D eigenvalue weighted by molar-refractivity contribution is 5.85. The largest absolute Gasteiger partial charge is 0.368 e. The van der Waals surface area contributed by atoms with Crippen LogP contribution in [-0.2, 0) is 6.54 Å². The monoisotopic (exact) mass is 217 g/mol. The zero-order valence-electron chi connectivity index (χ0n) is 9.21. The Kier molecular flexibility index (Phi) is 6.37. The van der Waals surface area contributed by atoms with E-state index in [1.165, 1.54) is 18.4 Å². The Hall–Kier alpha value is -0.700. The van der Waals surface area contributed by atoms with Crippen molar-refractivity contribution in [1.82, 2.24) is 9.78 Å². The number of hydrogen-bond donors (Lipinski definition) is 1. The van der Waals surface area contributed by atoms with Crippen LogP contribution in [0.1, 0.15) is 32.3 Å². The molecule has 1 rings (SSSR count). The fourth-order valence-corrected chi connectivity index (χ4v) is 1.24. The van der Waals surface area contributed by atoms with Crippen LogP contribution < -0.4 is 5.32 Å². The minimum absolute atomic E-state index is 0. The van der Waals surface area contributed by atoms with E-state index in [1.54, 1.807) is 0 Å². The molecule has 1 heterocycles. The van der Waals surface area contributed by atoms with Gasteiger partial charge in [-0.15, -0.1) is 12.4 Å². The molecule has 0 bridgehead atoms. The van der Waals surface area contributed by atoms with Crippen molar-refractivity contribution in [2.24, 2.45) is 0 Å². The number of unbranched alkanes of at least 4 members (excludes halogenated alkanes) is 1. The molecule has 0 unspecified atom stereocenters. The van der Waals surface area contributed by atoms with Gasteiger partial charge >= 0.3 is 0 Å². The maximum atomic E-state index is 4.41. The SMILES string of the molecule is CCCCNc1nn(CC)cc1C.Cl. The molecule has 0 fully saturated rings. The first-order chi connectivity index (χ1) is 6.27. The fraction of sp³-hybridized carbons (Fsp3) is 0.700. The minimum atomic E-state index is 0. The van der Waals surface area contributed by atoms with E-state index in [-0.39, 0.29) is 12.4 Å². The molecular weight excluding hydrogens is 198 g/mol. The lowest BCUT2D eigenvalue weighted by molar-refractivity contribution is 0.660. The van der Waals surface area contributed by atoms with Gasteiger partial charge in [0.1, 0.15) is 0 Å². The average Bonchev–Trinajstić information content (AvgIpc) is 2.48. The molecule has 0 radical (unpaired) electrons. The van der Waals surface area contributed by atoms with E-state index in [0.717, 1.165) is 18.9 Å². The number of aromatic nitrogens is 2. The van der Waals surface area contributed by atoms with E-state index in [9.17, 15) is 0 Å². The molecule has 1 aromatic heterocycles. The van der Waals surface area contributed by atoms with Crippen molar-refractivity contribution < 1.29 is 0 Å². The van der Waals surface area contributed by atoms with E-state index < -0.39 is 0 Å². The molecule has 0 amide bonds. The molecule has 3 nitrogen and oxygen atoms in total. The zero-order valence-corrected chi connectivity index (χ0v) is 10.0. The quantitative estimate of drug-likeness (QED) is 0.769. The van der Waals surface area contributed by atoms with Gasteiger partial charge in [-0.3, -0.25) is 4.68 Å². The molecule has 82 valence electrons. The van der Waals surface area contributed by atoms with Crippen molar-refractivity contribution in [3.05, 3.63) is 11.8 Å². The summed E-state index contributed by atoms with van der Waals surface area (Å²) in [7, 11) is 0. The van der Waals surface area contributed by atoms with Crippen LogP contribution in [-0.4, -0.2) is 16.3 Å². The second-order valence-electron chi connectivity index (χ2n) is 3.30. The summed E-state index contributed by atoms with van der Waals surface area (Å²) in [5, 5.41) is 7.74. The van der Waals surface area contributed by atoms with Gasteiger partial charge in [-0.1, -0.05) is 13.3 Å². The predicted octanol–water partition coefficient (Wildman–Crippen LogP) is 2.85. The number of aryl methyl sites for hydroxylation is 2. The first-order valence-electron chi connectivity index (χ1n) is 5.05. The Balaban J connectivity index is 0.00000169. The van der Waals surface area contributed by atoms with Crippen molar-refractivity contribution in [3.63, 3.8) is 0 Å². The van der Waals surface area contributed by atoms with Crippen molar-refractivity contribution in [2.45, 2.75) is 40.2 Å². The molecule has 14 heavy (non-hydrogen) atoms. The van der Waals surface area contributed by atoms with Crippen LogP contribution in [0.5, 0.6) is 0 Å². The number of hydrogen-bond acceptors (Lipinski definition) is 2. The van der Waals surface area contributed by atoms with E-state index in [1.807, 2.05) is 4.68 Å². The zero-order chi connectivity index (χ0) is 9.68. The molecular formula is C10H20ClN3. The third kappa shape index (κ3) is 3.58. The van der Waals surface area contributed by atoms with Crippen LogP contribution in [0.25, 0.3) is 0 Å². The third-order valence-corrected chi connectivity index (χ3v) is 2.09. The minimum Gasteiger partial charge on any atom is -0.368 e. The molecule has 0 atom stereocenters. The Morgan fingerprint density at radius 1 is 1.43 bits per heavy atom. The second kappa shape index (κ2) is 6.71. The predicted molar refractivity (Wildman–Crippen MR) is 63.3 cm³/mol. The summed E-state index contributed by atoms with van der Waals surface area (Å²) in [4.78, 5) is 0. The van der Waals surface area contributed by atoms with Gasteiger partial charge in [-0.25, -0.2) is 0 Å². The van der Waals surface area contributed by atoms with Gasteiger partial charge in [0, 0.05) is 24.8 Å². The molecule has 0 aliphatic carbocycles. The fourth-order valence-electron chi connectivity index (χ4n) is 1.24. The van der Waals surface area contributed by atoms with Crippen LogP contribution in [0.2, 0.25) is 0 Å². The summed E-state index contributed by atoms with van der Waals surface area (Å²) in [5.41, 5.74) is 1.23. The number of nitrogens with one attached hydrogen (secondary N) is 1. The standard InChI is InChI=1S/C10H19N3.ClH/c1-4-6-7-11-10-9(3)8-13(5-2)12-10;/h8H,4-7H2,1-3H3,(H,11,12);1H. The van der Waals surface area contributed by atoms with Crippen LogP contribution >= 0.6 is 12.4 Å². The van der Waals surface area contributed by atoms with E-state index >= 15 is 0 Å². The van der Waals surface area contributed by atoms with Gasteiger partial charge in [0.05, 0.1) is 0 Å². The van der Waals surface area contributed by atoms with Crippen LogP contribution in [0.15, 0.2) is 6.20 Å². The van der Waals surface area contributed by atoms with Gasteiger partial charge in [-0.05, 0) is 20.3 Å². The molecule has 0 aromatic carbocycles. The van der Waals surface area contributed by atoms with E-state index in [0.29, 0.717) is 0 Å². The molecule has 0 aliphatic heterocycles. The molecule has 0 spiro atoms. The van der Waals surface area contributed by atoms with Crippen molar-refractivity contribution in [2.75, 3.05) is 11.9 Å². The van der Waals surface area contributed by atoms with Crippen LogP contribution in [0.4, 0.5) is 5.82 Å². The van der Waals surface area contributed by atoms with Gasteiger partial charge in [-0.2, -0.15) is 5.10 Å². The highest BCUT2D eigenvalue weighted by atomic mass is 35.5. The maximum Gasteiger partial charge on any atom is 0.150 e. The summed E-state index contributed by atoms with van der Waals surface area (Å²) < 4.78 is 1.96. The Labute approximate surface area is 92.3 Å². The summed E-state index contributed by atoms with van der Waals surface area (Å²) in [6.07, 6.45) is 4.51. The molecule has 1 aromatic rings. The number of nitrogens with zero attached hydrogens (tertiary/aromatic N) is 2.